The standard InChI is InChI=1S/C16H16N6/c1-10-14-15(18-9-19-16(14)22(2)21-10)17-8-12-7-11-5-3-4-6-13(11)20-12/h3-7,9,20H,8H2,1-2H3,(H,17,18,19). The molecule has 4 aromatic rings. The van der Waals surface area contributed by atoms with Gasteiger partial charge in [-0.15, -0.1) is 0 Å². The summed E-state index contributed by atoms with van der Waals surface area (Å²) in [4.78, 5) is 12.1. The maximum absolute atomic E-state index is 4.41. The second-order valence-electron chi connectivity index (χ2n) is 5.37. The van der Waals surface area contributed by atoms with Crippen molar-refractivity contribution in [1.82, 2.24) is 24.7 Å². The number of nitrogens with one attached hydrogen (secondary N) is 2. The Bertz CT molecular complexity index is 932. The van der Waals surface area contributed by atoms with E-state index in [1.165, 1.54) is 5.39 Å². The van der Waals surface area contributed by atoms with Crippen LogP contribution in [-0.4, -0.2) is 24.7 Å². The fourth-order valence-electron chi connectivity index (χ4n) is 2.82. The lowest BCUT2D eigenvalue weighted by Crippen LogP contribution is -2.03. The summed E-state index contributed by atoms with van der Waals surface area (Å²) in [6.45, 7) is 2.65. The molecule has 2 N–H and O–H groups in total. The molecule has 0 aliphatic heterocycles. The normalized spacial score (nSPS) is 11.4. The first-order valence-electron chi connectivity index (χ1n) is 7.17. The van der Waals surface area contributed by atoms with E-state index in [-0.39, 0.29) is 0 Å². The number of hydrogen-bond acceptors (Lipinski definition) is 4. The van der Waals surface area contributed by atoms with Crippen LogP contribution in [0.2, 0.25) is 0 Å². The van der Waals surface area contributed by atoms with Crippen LogP contribution < -0.4 is 5.32 Å². The minimum absolute atomic E-state index is 0.676. The average Bonchev–Trinajstić information content (AvgIpc) is 3.07. The first-order chi connectivity index (χ1) is 10.7. The molecule has 0 amide bonds. The number of aryl methyl sites for hydroxylation is 2. The minimum atomic E-state index is 0.676. The third-order valence-electron chi connectivity index (χ3n) is 3.83. The molecular formula is C16H16N6. The predicted molar refractivity (Wildman–Crippen MR) is 86.7 cm³/mol. The summed E-state index contributed by atoms with van der Waals surface area (Å²) in [5, 5.41) is 9.98. The Hall–Kier alpha value is -2.89. The molecule has 1 aromatic carbocycles. The molecule has 0 unspecified atom stereocenters. The van der Waals surface area contributed by atoms with Gasteiger partial charge in [0.1, 0.15) is 12.1 Å². The maximum Gasteiger partial charge on any atom is 0.163 e. The van der Waals surface area contributed by atoms with Crippen molar-refractivity contribution in [2.24, 2.45) is 7.05 Å². The summed E-state index contributed by atoms with van der Waals surface area (Å²) in [7, 11) is 1.89. The maximum atomic E-state index is 4.41. The molecule has 6 heteroatoms. The highest BCUT2D eigenvalue weighted by molar-refractivity contribution is 5.89. The molecule has 0 radical (unpaired) electrons. The Kier molecular flexibility index (Phi) is 2.82. The zero-order chi connectivity index (χ0) is 15.1. The lowest BCUT2D eigenvalue weighted by molar-refractivity contribution is 0.773. The summed E-state index contributed by atoms with van der Waals surface area (Å²) in [6, 6.07) is 10.4. The predicted octanol–water partition coefficient (Wildman–Crippen LogP) is 2.77. The number of fused-ring (bicyclic) bond motifs is 2. The van der Waals surface area contributed by atoms with Crippen LogP contribution in [0.4, 0.5) is 5.82 Å². The molecule has 0 spiro atoms. The second-order valence-corrected chi connectivity index (χ2v) is 5.37. The number of hydrogen-bond donors (Lipinski definition) is 2. The van der Waals surface area contributed by atoms with E-state index in [0.717, 1.165) is 33.8 Å². The van der Waals surface area contributed by atoms with Gasteiger partial charge in [-0.1, -0.05) is 18.2 Å². The van der Waals surface area contributed by atoms with Crippen molar-refractivity contribution in [2.75, 3.05) is 5.32 Å². The molecule has 22 heavy (non-hydrogen) atoms. The van der Waals surface area contributed by atoms with E-state index in [1.807, 2.05) is 26.1 Å². The van der Waals surface area contributed by atoms with Crippen molar-refractivity contribution in [1.29, 1.82) is 0 Å². The average molecular weight is 292 g/mol. The monoisotopic (exact) mass is 292 g/mol. The first kappa shape index (κ1) is 12.8. The van der Waals surface area contributed by atoms with Gasteiger partial charge in [-0.2, -0.15) is 5.10 Å². The van der Waals surface area contributed by atoms with Crippen LogP contribution in [0.15, 0.2) is 36.7 Å². The molecular weight excluding hydrogens is 276 g/mol. The number of aromatic nitrogens is 5. The Morgan fingerprint density at radius 3 is 2.95 bits per heavy atom. The van der Waals surface area contributed by atoms with Crippen molar-refractivity contribution < 1.29 is 0 Å². The van der Waals surface area contributed by atoms with Gasteiger partial charge in [-0.25, -0.2) is 9.97 Å². The minimum Gasteiger partial charge on any atom is -0.364 e. The fraction of sp³-hybridized carbons (Fsp3) is 0.188. The zero-order valence-corrected chi connectivity index (χ0v) is 12.5. The van der Waals surface area contributed by atoms with Crippen LogP contribution in [0.3, 0.4) is 0 Å². The molecule has 3 aromatic heterocycles. The molecule has 0 bridgehead atoms. The smallest absolute Gasteiger partial charge is 0.163 e. The largest absolute Gasteiger partial charge is 0.364 e. The van der Waals surface area contributed by atoms with Crippen molar-refractivity contribution >= 4 is 27.8 Å². The molecule has 0 aliphatic carbocycles. The molecule has 0 aliphatic rings. The summed E-state index contributed by atoms with van der Waals surface area (Å²) in [6.07, 6.45) is 1.57. The van der Waals surface area contributed by atoms with Crippen molar-refractivity contribution in [2.45, 2.75) is 13.5 Å². The summed E-state index contributed by atoms with van der Waals surface area (Å²) in [5.74, 6) is 0.814. The molecule has 6 nitrogen and oxygen atoms in total. The Morgan fingerprint density at radius 2 is 2.09 bits per heavy atom. The number of benzene rings is 1. The van der Waals surface area contributed by atoms with Gasteiger partial charge in [0, 0.05) is 18.3 Å². The van der Waals surface area contributed by atoms with Crippen molar-refractivity contribution in [3.05, 3.63) is 48.0 Å². The van der Waals surface area contributed by atoms with Crippen molar-refractivity contribution in [3.8, 4) is 0 Å². The quantitative estimate of drug-likeness (QED) is 0.609. The number of para-hydroxylation sites is 1. The SMILES string of the molecule is Cc1nn(C)c2ncnc(NCc3cc4ccccc4[nH]3)c12. The van der Waals surface area contributed by atoms with Gasteiger partial charge in [-0.05, 0) is 24.4 Å². The van der Waals surface area contributed by atoms with Crippen molar-refractivity contribution in [3.63, 3.8) is 0 Å². The van der Waals surface area contributed by atoms with Crippen LogP contribution >= 0.6 is 0 Å². The topological polar surface area (TPSA) is 71.4 Å². The molecule has 4 rings (SSSR count). The summed E-state index contributed by atoms with van der Waals surface area (Å²) >= 11 is 0. The molecule has 0 saturated carbocycles. The van der Waals surface area contributed by atoms with Crippen LogP contribution in [0.25, 0.3) is 21.9 Å². The number of rotatable bonds is 3. The van der Waals surface area contributed by atoms with E-state index < -0.39 is 0 Å². The van der Waals surface area contributed by atoms with Gasteiger partial charge >= 0.3 is 0 Å². The van der Waals surface area contributed by atoms with E-state index in [1.54, 1.807) is 11.0 Å². The van der Waals surface area contributed by atoms with Crippen LogP contribution in [-0.2, 0) is 13.6 Å². The number of anilines is 1. The van der Waals surface area contributed by atoms with Crippen LogP contribution in [0.5, 0.6) is 0 Å². The molecule has 3 heterocycles. The summed E-state index contributed by atoms with van der Waals surface area (Å²) < 4.78 is 1.78. The Balaban J connectivity index is 1.66. The fourth-order valence-corrected chi connectivity index (χ4v) is 2.82. The van der Waals surface area contributed by atoms with Crippen LogP contribution in [0.1, 0.15) is 11.4 Å². The highest BCUT2D eigenvalue weighted by atomic mass is 15.3. The van der Waals surface area contributed by atoms with Gasteiger partial charge in [0.2, 0.25) is 0 Å². The Morgan fingerprint density at radius 1 is 1.23 bits per heavy atom. The Labute approximate surface area is 127 Å². The van der Waals surface area contributed by atoms with E-state index >= 15 is 0 Å². The lowest BCUT2D eigenvalue weighted by Gasteiger charge is -2.05. The third-order valence-corrected chi connectivity index (χ3v) is 3.83. The van der Waals surface area contributed by atoms with Gasteiger partial charge in [-0.3, -0.25) is 4.68 Å². The highest BCUT2D eigenvalue weighted by Gasteiger charge is 2.12. The number of nitrogens with zero attached hydrogens (tertiary/aromatic N) is 4. The number of H-pyrrole nitrogens is 1. The first-order valence-corrected chi connectivity index (χ1v) is 7.17. The van der Waals surface area contributed by atoms with Crippen LogP contribution in [0, 0.1) is 6.92 Å². The summed E-state index contributed by atoms with van der Waals surface area (Å²) in [5.41, 5.74) is 4.03. The van der Waals surface area contributed by atoms with Gasteiger partial charge in [0.05, 0.1) is 17.6 Å². The number of aromatic amines is 1. The molecule has 0 fully saturated rings. The van der Waals surface area contributed by atoms with E-state index in [4.69, 9.17) is 0 Å². The third kappa shape index (κ3) is 2.00. The lowest BCUT2D eigenvalue weighted by atomic mass is 10.2. The van der Waals surface area contributed by atoms with Gasteiger partial charge in [0.15, 0.2) is 5.65 Å². The zero-order valence-electron chi connectivity index (χ0n) is 12.5. The van der Waals surface area contributed by atoms with Gasteiger partial charge in [0.25, 0.3) is 0 Å². The second kappa shape index (κ2) is 4.84. The highest BCUT2D eigenvalue weighted by Crippen LogP contribution is 2.23. The van der Waals surface area contributed by atoms with E-state index in [2.05, 4.69) is 43.6 Å². The molecule has 110 valence electrons. The van der Waals surface area contributed by atoms with E-state index in [0.29, 0.717) is 6.54 Å². The molecule has 0 saturated heterocycles. The molecule has 0 atom stereocenters. The van der Waals surface area contributed by atoms with Gasteiger partial charge < -0.3 is 10.3 Å². The van der Waals surface area contributed by atoms with E-state index in [9.17, 15) is 0 Å².